The third kappa shape index (κ3) is 0.681. The first kappa shape index (κ1) is 5.44. The van der Waals surface area contributed by atoms with Crippen molar-refractivity contribution in [2.45, 2.75) is 18.5 Å². The molecule has 0 radical (unpaired) electrons. The molecular formula is C5H9IN2. The second kappa shape index (κ2) is 1.82. The number of hydrogen-bond acceptors (Lipinski definition) is 2. The molecule has 0 aliphatic carbocycles. The van der Waals surface area contributed by atoms with Crippen LogP contribution in [-0.4, -0.2) is 28.3 Å². The fraction of sp³-hybridized carbons (Fsp3) is 1.00. The molecule has 0 unspecified atom stereocenters. The first-order valence-corrected chi connectivity index (χ1v) is 3.98. The van der Waals surface area contributed by atoms with Crippen LogP contribution in [0.4, 0.5) is 0 Å². The van der Waals surface area contributed by atoms with Crippen molar-refractivity contribution in [1.82, 2.24) is 8.43 Å². The SMILES string of the molecule is IN1C[C@@H]2C[C@H]1CN2. The molecule has 8 heavy (non-hydrogen) atoms. The first-order valence-electron chi connectivity index (χ1n) is 3.02. The number of halogens is 1. The summed E-state index contributed by atoms with van der Waals surface area (Å²) in [6.45, 7) is 2.47. The van der Waals surface area contributed by atoms with Crippen LogP contribution >= 0.6 is 22.9 Å². The summed E-state index contributed by atoms with van der Waals surface area (Å²) in [5, 5.41) is 3.44. The van der Waals surface area contributed by atoms with Crippen LogP contribution < -0.4 is 5.32 Å². The van der Waals surface area contributed by atoms with Gasteiger partial charge in [-0.05, 0) is 6.42 Å². The van der Waals surface area contributed by atoms with E-state index in [4.69, 9.17) is 0 Å². The molecule has 1 N–H and O–H groups in total. The van der Waals surface area contributed by atoms with Gasteiger partial charge in [-0.15, -0.1) is 0 Å². The molecule has 2 aliphatic rings. The Morgan fingerprint density at radius 2 is 2.50 bits per heavy atom. The summed E-state index contributed by atoms with van der Waals surface area (Å²) in [6, 6.07) is 1.66. The highest BCUT2D eigenvalue weighted by Gasteiger charge is 2.35. The minimum Gasteiger partial charge on any atom is -0.311 e. The van der Waals surface area contributed by atoms with Gasteiger partial charge in [-0.25, -0.2) is 3.11 Å². The van der Waals surface area contributed by atoms with E-state index in [-0.39, 0.29) is 0 Å². The molecule has 3 heteroatoms. The molecule has 0 saturated carbocycles. The van der Waals surface area contributed by atoms with Gasteiger partial charge < -0.3 is 5.32 Å². The Morgan fingerprint density at radius 1 is 1.62 bits per heavy atom. The second-order valence-corrected chi connectivity index (χ2v) is 3.82. The van der Waals surface area contributed by atoms with Gasteiger partial charge in [0, 0.05) is 48.0 Å². The van der Waals surface area contributed by atoms with Gasteiger partial charge >= 0.3 is 0 Å². The van der Waals surface area contributed by atoms with E-state index in [0.717, 1.165) is 12.1 Å². The second-order valence-electron chi connectivity index (χ2n) is 2.58. The van der Waals surface area contributed by atoms with Gasteiger partial charge in [0.15, 0.2) is 0 Å². The summed E-state index contributed by atoms with van der Waals surface area (Å²) in [6.07, 6.45) is 1.38. The molecule has 2 atom stereocenters. The van der Waals surface area contributed by atoms with Gasteiger partial charge in [0.05, 0.1) is 0 Å². The van der Waals surface area contributed by atoms with Crippen LogP contribution in [0.2, 0.25) is 0 Å². The number of piperazine rings is 1. The van der Waals surface area contributed by atoms with E-state index in [1.54, 1.807) is 0 Å². The number of fused-ring (bicyclic) bond motifs is 2. The van der Waals surface area contributed by atoms with E-state index in [2.05, 4.69) is 31.3 Å². The van der Waals surface area contributed by atoms with E-state index in [0.29, 0.717) is 0 Å². The van der Waals surface area contributed by atoms with Crippen LogP contribution in [-0.2, 0) is 0 Å². The Labute approximate surface area is 63.1 Å². The van der Waals surface area contributed by atoms with Crippen molar-refractivity contribution in [3.8, 4) is 0 Å². The predicted molar refractivity (Wildman–Crippen MR) is 40.9 cm³/mol. The zero-order chi connectivity index (χ0) is 5.56. The maximum absolute atomic E-state index is 3.44. The summed E-state index contributed by atoms with van der Waals surface area (Å²) in [7, 11) is 0. The van der Waals surface area contributed by atoms with Crippen LogP contribution in [0.5, 0.6) is 0 Å². The summed E-state index contributed by atoms with van der Waals surface area (Å²) in [5.41, 5.74) is 0. The average Bonchev–Trinajstić information content (AvgIpc) is 2.23. The van der Waals surface area contributed by atoms with Crippen LogP contribution in [0, 0.1) is 0 Å². The minimum atomic E-state index is 0.817. The number of nitrogens with zero attached hydrogens (tertiary/aromatic N) is 1. The Kier molecular flexibility index (Phi) is 1.23. The van der Waals surface area contributed by atoms with Gasteiger partial charge in [0.2, 0.25) is 0 Å². The molecule has 2 heterocycles. The van der Waals surface area contributed by atoms with Crippen molar-refractivity contribution < 1.29 is 0 Å². The van der Waals surface area contributed by atoms with E-state index >= 15 is 0 Å². The van der Waals surface area contributed by atoms with E-state index in [9.17, 15) is 0 Å². The van der Waals surface area contributed by atoms with Crippen molar-refractivity contribution in [3.05, 3.63) is 0 Å². The van der Waals surface area contributed by atoms with Gasteiger partial charge in [0.1, 0.15) is 0 Å². The van der Waals surface area contributed by atoms with Crippen molar-refractivity contribution >= 4 is 22.9 Å². The van der Waals surface area contributed by atoms with Gasteiger partial charge in [-0.1, -0.05) is 0 Å². The molecule has 2 rings (SSSR count). The topological polar surface area (TPSA) is 15.3 Å². The fourth-order valence-corrected chi connectivity index (χ4v) is 2.41. The van der Waals surface area contributed by atoms with Gasteiger partial charge in [0.25, 0.3) is 0 Å². The molecule has 2 saturated heterocycles. The molecule has 0 amide bonds. The van der Waals surface area contributed by atoms with Crippen LogP contribution in [0.15, 0.2) is 0 Å². The Balaban J connectivity index is 2.11. The third-order valence-corrected chi connectivity index (χ3v) is 3.17. The standard InChI is InChI=1S/C5H9IN2/c6-8-3-4-1-5(8)2-7-4/h4-5,7H,1-3H2/t4-,5-/m0/s1. The molecule has 0 aromatic carbocycles. The predicted octanol–water partition coefficient (Wildman–Crippen LogP) is 0.383. The highest BCUT2D eigenvalue weighted by atomic mass is 127. The zero-order valence-electron chi connectivity index (χ0n) is 4.60. The quantitative estimate of drug-likeness (QED) is 0.472. The van der Waals surface area contributed by atoms with E-state index in [1.165, 1.54) is 19.5 Å². The molecule has 2 fully saturated rings. The minimum absolute atomic E-state index is 0.817. The maximum atomic E-state index is 3.44. The average molecular weight is 224 g/mol. The molecule has 0 aromatic rings. The zero-order valence-corrected chi connectivity index (χ0v) is 6.76. The van der Waals surface area contributed by atoms with Crippen LogP contribution in [0.25, 0.3) is 0 Å². The molecule has 0 spiro atoms. The highest BCUT2D eigenvalue weighted by Crippen LogP contribution is 2.25. The van der Waals surface area contributed by atoms with Crippen molar-refractivity contribution in [2.24, 2.45) is 0 Å². The lowest BCUT2D eigenvalue weighted by atomic mass is 10.3. The van der Waals surface area contributed by atoms with Crippen molar-refractivity contribution in [1.29, 1.82) is 0 Å². The van der Waals surface area contributed by atoms with E-state index < -0.39 is 0 Å². The van der Waals surface area contributed by atoms with Crippen molar-refractivity contribution in [3.63, 3.8) is 0 Å². The summed E-state index contributed by atoms with van der Waals surface area (Å²) >= 11 is 2.42. The lowest BCUT2D eigenvalue weighted by molar-refractivity contribution is 0.413. The molecule has 2 nitrogen and oxygen atoms in total. The maximum Gasteiger partial charge on any atom is 0.0335 e. The summed E-state index contributed by atoms with van der Waals surface area (Å²) in [5.74, 6) is 0. The Bertz CT molecular complexity index is 105. The van der Waals surface area contributed by atoms with Gasteiger partial charge in [-0.3, -0.25) is 0 Å². The lowest BCUT2D eigenvalue weighted by Gasteiger charge is -2.19. The molecule has 2 aliphatic heterocycles. The normalized spacial score (nSPS) is 46.1. The summed E-state index contributed by atoms with van der Waals surface area (Å²) < 4.78 is 2.42. The first-order chi connectivity index (χ1) is 3.86. The monoisotopic (exact) mass is 224 g/mol. The molecular weight excluding hydrogens is 215 g/mol. The lowest BCUT2D eigenvalue weighted by Crippen LogP contribution is -2.38. The molecule has 2 bridgehead atoms. The fourth-order valence-electron chi connectivity index (χ4n) is 1.51. The highest BCUT2D eigenvalue weighted by molar-refractivity contribution is 14.1. The molecule has 0 aromatic heterocycles. The largest absolute Gasteiger partial charge is 0.311 e. The van der Waals surface area contributed by atoms with E-state index in [1.807, 2.05) is 0 Å². The van der Waals surface area contributed by atoms with Crippen LogP contribution in [0.3, 0.4) is 0 Å². The van der Waals surface area contributed by atoms with Gasteiger partial charge in [-0.2, -0.15) is 0 Å². The van der Waals surface area contributed by atoms with Crippen LogP contribution in [0.1, 0.15) is 6.42 Å². The number of rotatable bonds is 0. The Hall–Kier alpha value is 0.650. The summed E-state index contributed by atoms with van der Waals surface area (Å²) in [4.78, 5) is 0. The smallest absolute Gasteiger partial charge is 0.0335 e. The Morgan fingerprint density at radius 3 is 2.75 bits per heavy atom. The third-order valence-electron chi connectivity index (χ3n) is 1.99. The van der Waals surface area contributed by atoms with Crippen molar-refractivity contribution in [2.75, 3.05) is 13.1 Å². The molecule has 46 valence electrons. The number of nitrogens with one attached hydrogen (secondary N) is 1. The number of hydrogen-bond donors (Lipinski definition) is 1.